The van der Waals surface area contributed by atoms with Crippen molar-refractivity contribution in [2.45, 2.75) is 25.0 Å². The van der Waals surface area contributed by atoms with E-state index in [0.717, 1.165) is 12.0 Å². The van der Waals surface area contributed by atoms with Crippen LogP contribution in [0, 0.1) is 5.82 Å². The summed E-state index contributed by atoms with van der Waals surface area (Å²) in [5, 5.41) is 5.79. The standard InChI is InChI=1S/C24H28FN3O4/c25-19-6-1-4-17(14-19)21(28-9-12-31-13-10-28)16-26-23(29)18-5-2-7-20(15-18)27-24(30)22-8-3-11-32-22/h1-2,4-7,14-15,21-22H,3,8-13,16H2,(H,26,29)(H,27,30). The highest BCUT2D eigenvalue weighted by Crippen LogP contribution is 2.22. The highest BCUT2D eigenvalue weighted by Gasteiger charge is 2.25. The lowest BCUT2D eigenvalue weighted by Gasteiger charge is -2.35. The summed E-state index contributed by atoms with van der Waals surface area (Å²) in [4.78, 5) is 27.3. The Hall–Kier alpha value is -2.81. The van der Waals surface area contributed by atoms with Gasteiger partial charge in [-0.1, -0.05) is 18.2 Å². The first-order valence-corrected chi connectivity index (χ1v) is 11.0. The summed E-state index contributed by atoms with van der Waals surface area (Å²) in [6, 6.07) is 13.1. The fourth-order valence-corrected chi connectivity index (χ4v) is 4.10. The fourth-order valence-electron chi connectivity index (χ4n) is 4.10. The van der Waals surface area contributed by atoms with E-state index in [1.807, 2.05) is 6.07 Å². The Morgan fingerprint density at radius 1 is 1.09 bits per heavy atom. The van der Waals surface area contributed by atoms with Gasteiger partial charge in [0.1, 0.15) is 11.9 Å². The van der Waals surface area contributed by atoms with Gasteiger partial charge >= 0.3 is 0 Å². The molecule has 0 aromatic heterocycles. The number of carbonyl (C=O) groups is 2. The predicted molar refractivity (Wildman–Crippen MR) is 118 cm³/mol. The maximum Gasteiger partial charge on any atom is 0.253 e. The monoisotopic (exact) mass is 441 g/mol. The molecule has 170 valence electrons. The molecule has 2 atom stereocenters. The van der Waals surface area contributed by atoms with E-state index >= 15 is 0 Å². The molecule has 7 nitrogen and oxygen atoms in total. The first-order valence-electron chi connectivity index (χ1n) is 11.0. The molecular weight excluding hydrogens is 413 g/mol. The zero-order valence-corrected chi connectivity index (χ0v) is 17.9. The summed E-state index contributed by atoms with van der Waals surface area (Å²) in [6.45, 7) is 3.55. The zero-order chi connectivity index (χ0) is 22.3. The van der Waals surface area contributed by atoms with Crippen molar-refractivity contribution in [3.8, 4) is 0 Å². The molecule has 32 heavy (non-hydrogen) atoms. The number of anilines is 1. The normalized spacial score (nSPS) is 20.0. The molecule has 2 aromatic rings. The lowest BCUT2D eigenvalue weighted by molar-refractivity contribution is -0.124. The summed E-state index contributed by atoms with van der Waals surface area (Å²) in [6.07, 6.45) is 1.14. The molecule has 2 aliphatic rings. The van der Waals surface area contributed by atoms with Crippen molar-refractivity contribution in [1.29, 1.82) is 0 Å². The largest absolute Gasteiger partial charge is 0.379 e. The van der Waals surface area contributed by atoms with Gasteiger partial charge in [-0.05, 0) is 48.7 Å². The molecule has 0 bridgehead atoms. The third kappa shape index (κ3) is 5.70. The molecule has 2 aliphatic heterocycles. The third-order valence-corrected chi connectivity index (χ3v) is 5.79. The smallest absolute Gasteiger partial charge is 0.253 e. The Kier molecular flexibility index (Phi) is 7.47. The van der Waals surface area contributed by atoms with Gasteiger partial charge < -0.3 is 20.1 Å². The number of nitrogens with zero attached hydrogens (tertiary/aromatic N) is 1. The molecule has 2 saturated heterocycles. The lowest BCUT2D eigenvalue weighted by atomic mass is 10.0. The third-order valence-electron chi connectivity index (χ3n) is 5.79. The minimum absolute atomic E-state index is 0.166. The Morgan fingerprint density at radius 3 is 2.66 bits per heavy atom. The summed E-state index contributed by atoms with van der Waals surface area (Å²) in [7, 11) is 0. The van der Waals surface area contributed by atoms with Crippen LogP contribution in [0.5, 0.6) is 0 Å². The summed E-state index contributed by atoms with van der Waals surface area (Å²) in [5.41, 5.74) is 1.80. The molecule has 2 amide bonds. The summed E-state index contributed by atoms with van der Waals surface area (Å²) < 4.78 is 24.7. The highest BCUT2D eigenvalue weighted by atomic mass is 19.1. The molecule has 0 aliphatic carbocycles. The second-order valence-corrected chi connectivity index (χ2v) is 8.00. The van der Waals surface area contributed by atoms with Crippen molar-refractivity contribution in [1.82, 2.24) is 10.2 Å². The van der Waals surface area contributed by atoms with E-state index in [1.54, 1.807) is 30.3 Å². The van der Waals surface area contributed by atoms with Crippen LogP contribution in [0.2, 0.25) is 0 Å². The first-order chi connectivity index (χ1) is 15.6. The Bertz CT molecular complexity index is 942. The van der Waals surface area contributed by atoms with Crippen molar-refractivity contribution < 1.29 is 23.5 Å². The summed E-state index contributed by atoms with van der Waals surface area (Å²) >= 11 is 0. The van der Waals surface area contributed by atoms with E-state index < -0.39 is 6.10 Å². The van der Waals surface area contributed by atoms with Crippen LogP contribution in [0.15, 0.2) is 48.5 Å². The molecule has 2 fully saturated rings. The number of halogens is 1. The number of nitrogens with one attached hydrogen (secondary N) is 2. The van der Waals surface area contributed by atoms with Crippen LogP contribution in [0.3, 0.4) is 0 Å². The minimum atomic E-state index is -0.437. The van der Waals surface area contributed by atoms with E-state index in [1.165, 1.54) is 12.1 Å². The fraction of sp³-hybridized carbons (Fsp3) is 0.417. The van der Waals surface area contributed by atoms with E-state index in [9.17, 15) is 14.0 Å². The van der Waals surface area contributed by atoms with Crippen molar-refractivity contribution in [3.05, 3.63) is 65.5 Å². The SMILES string of the molecule is O=C(NCC(c1cccc(F)c1)N1CCOCC1)c1cccc(NC(=O)C2CCCO2)c1. The Balaban J connectivity index is 1.42. The number of hydrogen-bond donors (Lipinski definition) is 2. The van der Waals surface area contributed by atoms with Gasteiger partial charge in [-0.25, -0.2) is 4.39 Å². The van der Waals surface area contributed by atoms with Crippen LogP contribution >= 0.6 is 0 Å². The summed E-state index contributed by atoms with van der Waals surface area (Å²) in [5.74, 6) is -0.756. The van der Waals surface area contributed by atoms with Crippen molar-refractivity contribution in [3.63, 3.8) is 0 Å². The number of carbonyl (C=O) groups excluding carboxylic acids is 2. The molecule has 2 aromatic carbocycles. The number of benzene rings is 2. The van der Waals surface area contributed by atoms with Crippen LogP contribution in [0.1, 0.15) is 34.8 Å². The molecule has 2 N–H and O–H groups in total. The lowest BCUT2D eigenvalue weighted by Crippen LogP contribution is -2.43. The molecule has 0 radical (unpaired) electrons. The van der Waals surface area contributed by atoms with Gasteiger partial charge in [-0.2, -0.15) is 0 Å². The number of rotatable bonds is 7. The van der Waals surface area contributed by atoms with Gasteiger partial charge in [0.05, 0.1) is 19.3 Å². The first kappa shape index (κ1) is 22.4. The Morgan fingerprint density at radius 2 is 1.91 bits per heavy atom. The van der Waals surface area contributed by atoms with E-state index in [2.05, 4.69) is 15.5 Å². The second-order valence-electron chi connectivity index (χ2n) is 8.00. The van der Waals surface area contributed by atoms with E-state index in [4.69, 9.17) is 9.47 Å². The second kappa shape index (κ2) is 10.7. The average molecular weight is 442 g/mol. The quantitative estimate of drug-likeness (QED) is 0.691. The molecule has 4 rings (SSSR count). The van der Waals surface area contributed by atoms with E-state index in [-0.39, 0.29) is 23.7 Å². The number of hydrogen-bond acceptors (Lipinski definition) is 5. The van der Waals surface area contributed by atoms with Gasteiger partial charge in [0.25, 0.3) is 11.8 Å². The maximum absolute atomic E-state index is 13.8. The molecule has 0 saturated carbocycles. The Labute approximate surface area is 186 Å². The molecular formula is C24H28FN3O4. The predicted octanol–water partition coefficient (Wildman–Crippen LogP) is 2.75. The van der Waals surface area contributed by atoms with Crippen molar-refractivity contribution in [2.75, 3.05) is 44.8 Å². The zero-order valence-electron chi connectivity index (χ0n) is 17.9. The van der Waals surface area contributed by atoms with Crippen molar-refractivity contribution >= 4 is 17.5 Å². The maximum atomic E-state index is 13.8. The van der Waals surface area contributed by atoms with Crippen LogP contribution in [-0.4, -0.2) is 62.3 Å². The van der Waals surface area contributed by atoms with Crippen LogP contribution in [0.25, 0.3) is 0 Å². The van der Waals surface area contributed by atoms with Gasteiger partial charge in [-0.3, -0.25) is 14.5 Å². The van der Waals surface area contributed by atoms with Crippen molar-refractivity contribution in [2.24, 2.45) is 0 Å². The minimum Gasteiger partial charge on any atom is -0.379 e. The molecule has 0 spiro atoms. The average Bonchev–Trinajstić information content (AvgIpc) is 3.35. The van der Waals surface area contributed by atoms with E-state index in [0.29, 0.717) is 57.1 Å². The molecule has 2 unspecified atom stereocenters. The molecule has 8 heteroatoms. The van der Waals surface area contributed by atoms with Gasteiger partial charge in [0, 0.05) is 37.5 Å². The topological polar surface area (TPSA) is 79.9 Å². The number of amides is 2. The van der Waals surface area contributed by atoms with Gasteiger partial charge in [0.2, 0.25) is 0 Å². The number of morpholine rings is 1. The number of ether oxygens (including phenoxy) is 2. The van der Waals surface area contributed by atoms with Gasteiger partial charge in [-0.15, -0.1) is 0 Å². The van der Waals surface area contributed by atoms with Gasteiger partial charge in [0.15, 0.2) is 0 Å². The molecule has 2 heterocycles. The van der Waals surface area contributed by atoms with Crippen LogP contribution in [0.4, 0.5) is 10.1 Å². The highest BCUT2D eigenvalue weighted by molar-refractivity contribution is 5.98. The van der Waals surface area contributed by atoms with Crippen LogP contribution in [-0.2, 0) is 14.3 Å². The van der Waals surface area contributed by atoms with Crippen LogP contribution < -0.4 is 10.6 Å².